The number of rotatable bonds is 2. The van der Waals surface area contributed by atoms with Crippen LogP contribution in [0.2, 0.25) is 0 Å². The van der Waals surface area contributed by atoms with E-state index in [0.717, 1.165) is 10.9 Å². The Bertz CT molecular complexity index is 876. The molecule has 102 valence electrons. The normalized spacial score (nSPS) is 11.1. The fourth-order valence-electron chi connectivity index (χ4n) is 2.16. The number of benzene rings is 1. The van der Waals surface area contributed by atoms with Crippen molar-refractivity contribution in [3.05, 3.63) is 40.4 Å². The summed E-state index contributed by atoms with van der Waals surface area (Å²) in [5.74, 6) is -0.672. The first-order valence-corrected chi connectivity index (χ1v) is 6.17. The van der Waals surface area contributed by atoms with Crippen LogP contribution in [0.3, 0.4) is 0 Å². The van der Waals surface area contributed by atoms with Crippen molar-refractivity contribution in [2.75, 3.05) is 6.61 Å². The molecule has 0 aliphatic rings. The molecule has 6 heteroatoms. The van der Waals surface area contributed by atoms with Crippen LogP contribution in [-0.2, 0) is 11.8 Å². The van der Waals surface area contributed by atoms with Crippen LogP contribution in [0.1, 0.15) is 17.3 Å². The molecule has 1 aromatic carbocycles. The molecule has 2 aromatic heterocycles. The van der Waals surface area contributed by atoms with E-state index in [9.17, 15) is 9.59 Å². The molecule has 0 fully saturated rings. The quantitative estimate of drug-likeness (QED) is 0.526. The minimum Gasteiger partial charge on any atom is -0.462 e. The van der Waals surface area contributed by atoms with Crippen LogP contribution >= 0.6 is 0 Å². The fourth-order valence-corrected chi connectivity index (χ4v) is 2.16. The zero-order valence-electron chi connectivity index (χ0n) is 11.0. The van der Waals surface area contributed by atoms with Crippen LogP contribution in [-0.4, -0.2) is 22.4 Å². The number of carbonyl (C=O) groups is 1. The van der Waals surface area contributed by atoms with E-state index < -0.39 is 11.6 Å². The standard InChI is InChI=1S/C14H12N2O4/c1-3-19-13(17)9-6-8-4-5-11-10(7-15-16(11)2)12(8)20-14(9)18/h4-7H,3H2,1-2H3. The number of carbonyl (C=O) groups excluding carboxylic acids is 1. The highest BCUT2D eigenvalue weighted by Gasteiger charge is 2.16. The molecule has 0 N–H and O–H groups in total. The van der Waals surface area contributed by atoms with Gasteiger partial charge in [0.15, 0.2) is 0 Å². The number of esters is 1. The molecule has 6 nitrogen and oxygen atoms in total. The molecule has 0 aliphatic carbocycles. The van der Waals surface area contributed by atoms with Gasteiger partial charge in [-0.3, -0.25) is 4.68 Å². The summed E-state index contributed by atoms with van der Waals surface area (Å²) in [6.45, 7) is 1.89. The maximum atomic E-state index is 11.9. The van der Waals surface area contributed by atoms with Gasteiger partial charge in [-0.2, -0.15) is 5.10 Å². The van der Waals surface area contributed by atoms with Crippen LogP contribution < -0.4 is 5.63 Å². The molecule has 0 amide bonds. The van der Waals surface area contributed by atoms with Gasteiger partial charge in [-0.1, -0.05) is 0 Å². The number of hydrogen-bond acceptors (Lipinski definition) is 5. The van der Waals surface area contributed by atoms with Crippen LogP contribution in [0.25, 0.3) is 21.9 Å². The van der Waals surface area contributed by atoms with Crippen molar-refractivity contribution in [1.82, 2.24) is 9.78 Å². The summed E-state index contributed by atoms with van der Waals surface area (Å²) < 4.78 is 11.8. The van der Waals surface area contributed by atoms with Gasteiger partial charge in [0.2, 0.25) is 0 Å². The van der Waals surface area contributed by atoms with E-state index in [1.165, 1.54) is 6.07 Å². The fraction of sp³-hybridized carbons (Fsp3) is 0.214. The van der Waals surface area contributed by atoms with Gasteiger partial charge >= 0.3 is 11.6 Å². The molecule has 0 atom stereocenters. The first-order valence-electron chi connectivity index (χ1n) is 6.17. The summed E-state index contributed by atoms with van der Waals surface area (Å²) >= 11 is 0. The lowest BCUT2D eigenvalue weighted by Gasteiger charge is -2.03. The van der Waals surface area contributed by atoms with Crippen molar-refractivity contribution in [3.63, 3.8) is 0 Å². The Hall–Kier alpha value is -2.63. The molecule has 0 saturated carbocycles. The number of aryl methyl sites for hydroxylation is 1. The van der Waals surface area contributed by atoms with E-state index in [1.807, 2.05) is 6.07 Å². The lowest BCUT2D eigenvalue weighted by Crippen LogP contribution is -2.16. The number of ether oxygens (including phenoxy) is 1. The molecule has 0 bridgehead atoms. The Morgan fingerprint density at radius 1 is 1.45 bits per heavy atom. The number of fused-ring (bicyclic) bond motifs is 3. The molecular weight excluding hydrogens is 260 g/mol. The first kappa shape index (κ1) is 12.4. The van der Waals surface area contributed by atoms with Gasteiger partial charge in [0.05, 0.1) is 23.7 Å². The minimum absolute atomic E-state index is 0.0948. The highest BCUT2D eigenvalue weighted by atomic mass is 16.5. The summed E-state index contributed by atoms with van der Waals surface area (Å²) in [5, 5.41) is 5.52. The summed E-state index contributed by atoms with van der Waals surface area (Å²) in [7, 11) is 1.80. The summed E-state index contributed by atoms with van der Waals surface area (Å²) in [5.41, 5.74) is 0.480. The Kier molecular flexibility index (Phi) is 2.78. The number of nitrogens with zero attached hydrogens (tertiary/aromatic N) is 2. The average Bonchev–Trinajstić information content (AvgIpc) is 2.80. The van der Waals surface area contributed by atoms with E-state index in [0.29, 0.717) is 11.0 Å². The second kappa shape index (κ2) is 4.48. The third-order valence-corrected chi connectivity index (χ3v) is 3.12. The molecule has 2 heterocycles. The van der Waals surface area contributed by atoms with Crippen LogP contribution in [0.5, 0.6) is 0 Å². The second-order valence-corrected chi connectivity index (χ2v) is 4.35. The Morgan fingerprint density at radius 2 is 2.25 bits per heavy atom. The molecule has 0 aliphatic heterocycles. The van der Waals surface area contributed by atoms with Crippen molar-refractivity contribution >= 4 is 27.8 Å². The summed E-state index contributed by atoms with van der Waals surface area (Å²) in [6, 6.07) is 5.14. The summed E-state index contributed by atoms with van der Waals surface area (Å²) in [4.78, 5) is 23.6. The van der Waals surface area contributed by atoms with E-state index in [1.54, 1.807) is 30.9 Å². The van der Waals surface area contributed by atoms with Crippen LogP contribution in [0.4, 0.5) is 0 Å². The predicted octanol–water partition coefficient (Wildman–Crippen LogP) is 1.86. The van der Waals surface area contributed by atoms with Crippen molar-refractivity contribution < 1.29 is 13.9 Å². The van der Waals surface area contributed by atoms with Crippen molar-refractivity contribution in [3.8, 4) is 0 Å². The Balaban J connectivity index is 2.30. The molecule has 3 aromatic rings. The van der Waals surface area contributed by atoms with Gasteiger partial charge in [-0.05, 0) is 25.1 Å². The highest BCUT2D eigenvalue weighted by molar-refractivity contribution is 6.04. The average molecular weight is 272 g/mol. The molecule has 20 heavy (non-hydrogen) atoms. The lowest BCUT2D eigenvalue weighted by atomic mass is 10.1. The first-order chi connectivity index (χ1) is 9.61. The molecule has 0 radical (unpaired) electrons. The van der Waals surface area contributed by atoms with Crippen molar-refractivity contribution in [2.45, 2.75) is 6.92 Å². The molecule has 0 unspecified atom stereocenters. The van der Waals surface area contributed by atoms with E-state index in [2.05, 4.69) is 5.10 Å². The highest BCUT2D eigenvalue weighted by Crippen LogP contribution is 2.24. The lowest BCUT2D eigenvalue weighted by molar-refractivity contribution is 0.0522. The molecular formula is C14H12N2O4. The third kappa shape index (κ3) is 1.77. The zero-order chi connectivity index (χ0) is 14.3. The van der Waals surface area contributed by atoms with Crippen molar-refractivity contribution in [1.29, 1.82) is 0 Å². The molecule has 3 rings (SSSR count). The minimum atomic E-state index is -0.702. The SMILES string of the molecule is CCOC(=O)c1cc2ccc3c(cnn3C)c2oc1=O. The smallest absolute Gasteiger partial charge is 0.351 e. The van der Waals surface area contributed by atoms with E-state index in [-0.39, 0.29) is 12.2 Å². The van der Waals surface area contributed by atoms with Crippen LogP contribution in [0.15, 0.2) is 33.6 Å². The van der Waals surface area contributed by atoms with Crippen molar-refractivity contribution in [2.24, 2.45) is 7.05 Å². The Morgan fingerprint density at radius 3 is 3.00 bits per heavy atom. The topological polar surface area (TPSA) is 74.3 Å². The van der Waals surface area contributed by atoms with Gasteiger partial charge in [-0.25, -0.2) is 9.59 Å². The van der Waals surface area contributed by atoms with Crippen LogP contribution in [0, 0.1) is 0 Å². The third-order valence-electron chi connectivity index (χ3n) is 3.12. The molecule has 0 saturated heterocycles. The second-order valence-electron chi connectivity index (χ2n) is 4.35. The maximum Gasteiger partial charge on any atom is 0.351 e. The predicted molar refractivity (Wildman–Crippen MR) is 72.7 cm³/mol. The van der Waals surface area contributed by atoms with Gasteiger partial charge in [0.1, 0.15) is 11.1 Å². The monoisotopic (exact) mass is 272 g/mol. The zero-order valence-corrected chi connectivity index (χ0v) is 11.0. The number of hydrogen-bond donors (Lipinski definition) is 0. The maximum absolute atomic E-state index is 11.9. The summed E-state index contributed by atoms with van der Waals surface area (Å²) in [6.07, 6.45) is 1.63. The number of aromatic nitrogens is 2. The van der Waals surface area contributed by atoms with Gasteiger partial charge in [-0.15, -0.1) is 0 Å². The van der Waals surface area contributed by atoms with E-state index in [4.69, 9.17) is 9.15 Å². The van der Waals surface area contributed by atoms with Gasteiger partial charge in [0.25, 0.3) is 0 Å². The Labute approximate surface area is 113 Å². The van der Waals surface area contributed by atoms with Gasteiger partial charge < -0.3 is 9.15 Å². The van der Waals surface area contributed by atoms with Gasteiger partial charge in [0, 0.05) is 12.4 Å². The molecule has 0 spiro atoms. The van der Waals surface area contributed by atoms with E-state index >= 15 is 0 Å². The largest absolute Gasteiger partial charge is 0.462 e.